The molecule has 6 rings (SSSR count). The number of hydrogen-bond donors (Lipinski definition) is 1. The molecular formula is C24H15N3O2S2. The van der Waals surface area contributed by atoms with Crippen molar-refractivity contribution >= 4 is 59.2 Å². The number of anilines is 2. The van der Waals surface area contributed by atoms with Gasteiger partial charge < -0.3 is 5.32 Å². The molecule has 0 amide bonds. The molecule has 1 aliphatic heterocycles. The molecule has 3 aromatic carbocycles. The third kappa shape index (κ3) is 3.01. The molecule has 0 spiro atoms. The van der Waals surface area contributed by atoms with Gasteiger partial charge in [0.1, 0.15) is 0 Å². The fourth-order valence-electron chi connectivity index (χ4n) is 3.94. The summed E-state index contributed by atoms with van der Waals surface area (Å²) in [7, 11) is -3.53. The molecule has 0 atom stereocenters. The highest BCUT2D eigenvalue weighted by atomic mass is 32.2. The topological polar surface area (TPSA) is 72.0 Å². The molecule has 150 valence electrons. The minimum Gasteiger partial charge on any atom is -0.355 e. The first kappa shape index (κ1) is 18.2. The van der Waals surface area contributed by atoms with Crippen molar-refractivity contribution in [3.63, 3.8) is 0 Å². The third-order valence-corrected chi connectivity index (χ3v) is 7.71. The molecule has 5 nitrogen and oxygen atoms in total. The molecule has 7 heteroatoms. The summed E-state index contributed by atoms with van der Waals surface area (Å²) in [6.45, 7) is 0. The Morgan fingerprint density at radius 3 is 2.61 bits per heavy atom. The molecule has 5 aromatic rings. The van der Waals surface area contributed by atoms with Crippen molar-refractivity contribution in [1.82, 2.24) is 9.97 Å². The molecule has 0 saturated heterocycles. The minimum atomic E-state index is -3.53. The van der Waals surface area contributed by atoms with Crippen LogP contribution in [0, 0.1) is 0 Å². The van der Waals surface area contributed by atoms with Gasteiger partial charge in [0.15, 0.2) is 0 Å². The van der Waals surface area contributed by atoms with Gasteiger partial charge in [0, 0.05) is 39.5 Å². The number of sulfone groups is 1. The highest BCUT2D eigenvalue weighted by Gasteiger charge is 2.29. The Balaban J connectivity index is 1.50. The van der Waals surface area contributed by atoms with Gasteiger partial charge in [0.2, 0.25) is 9.84 Å². The van der Waals surface area contributed by atoms with Crippen molar-refractivity contribution in [2.24, 2.45) is 0 Å². The zero-order valence-electron chi connectivity index (χ0n) is 16.1. The fourth-order valence-corrected chi connectivity index (χ4v) is 6.06. The van der Waals surface area contributed by atoms with Gasteiger partial charge in [-0.3, -0.25) is 4.98 Å². The quantitative estimate of drug-likeness (QED) is 0.385. The van der Waals surface area contributed by atoms with Crippen molar-refractivity contribution < 1.29 is 8.42 Å². The molecule has 0 bridgehead atoms. The Morgan fingerprint density at radius 1 is 0.871 bits per heavy atom. The average Bonchev–Trinajstić information content (AvgIpc) is 3.35. The summed E-state index contributed by atoms with van der Waals surface area (Å²) in [5.74, 6) is 0. The zero-order valence-corrected chi connectivity index (χ0v) is 17.7. The van der Waals surface area contributed by atoms with Crippen LogP contribution in [-0.2, 0) is 9.84 Å². The monoisotopic (exact) mass is 441 g/mol. The van der Waals surface area contributed by atoms with Crippen LogP contribution in [0.1, 0.15) is 11.1 Å². The van der Waals surface area contributed by atoms with E-state index in [1.807, 2.05) is 66.2 Å². The second-order valence-corrected chi connectivity index (χ2v) is 9.98. The lowest BCUT2D eigenvalue weighted by atomic mass is 9.98. The molecular weight excluding hydrogens is 426 g/mol. The summed E-state index contributed by atoms with van der Waals surface area (Å²) in [5, 5.41) is 5.51. The van der Waals surface area contributed by atoms with E-state index in [4.69, 9.17) is 0 Å². The zero-order chi connectivity index (χ0) is 21.0. The van der Waals surface area contributed by atoms with Crippen LogP contribution in [0.5, 0.6) is 0 Å². The lowest BCUT2D eigenvalue weighted by Crippen LogP contribution is -1.97. The van der Waals surface area contributed by atoms with Gasteiger partial charge in [0.25, 0.3) is 0 Å². The maximum Gasteiger partial charge on any atom is 0.201 e. The minimum absolute atomic E-state index is 0.310. The molecule has 0 unspecified atom stereocenters. The molecule has 1 N–H and O–H groups in total. The van der Waals surface area contributed by atoms with Gasteiger partial charge in [0.05, 0.1) is 26.1 Å². The van der Waals surface area contributed by atoms with Gasteiger partial charge in [-0.05, 0) is 42.0 Å². The second-order valence-electron chi connectivity index (χ2n) is 7.33. The number of benzene rings is 3. The molecule has 0 saturated carbocycles. The summed E-state index contributed by atoms with van der Waals surface area (Å²) >= 11 is 1.60. The van der Waals surface area contributed by atoms with Crippen LogP contribution >= 0.6 is 11.3 Å². The first-order chi connectivity index (χ1) is 15.1. The van der Waals surface area contributed by atoms with E-state index >= 15 is 0 Å². The molecule has 3 heterocycles. The van der Waals surface area contributed by atoms with Crippen LogP contribution in [0.3, 0.4) is 0 Å². The van der Waals surface area contributed by atoms with Crippen molar-refractivity contribution in [2.45, 2.75) is 4.90 Å². The number of aromatic nitrogens is 2. The van der Waals surface area contributed by atoms with E-state index in [0.717, 1.165) is 38.1 Å². The molecule has 1 aliphatic rings. The summed E-state index contributed by atoms with van der Waals surface area (Å²) in [5.41, 5.74) is 7.42. The van der Waals surface area contributed by atoms with Crippen LogP contribution in [-0.4, -0.2) is 18.4 Å². The summed E-state index contributed by atoms with van der Waals surface area (Å²) in [6, 6.07) is 21.0. The average molecular weight is 442 g/mol. The molecule has 2 aromatic heterocycles. The standard InChI is InChI=1S/C24H15N3O2S2/c28-31(29)13-19(15-4-2-1-3-5-15)17-11-21-18(12-24(17)31)20(8-9-25-21)27-16-6-7-23-22(10-16)26-14-30-23/h1-14H,(H,25,27). The van der Waals surface area contributed by atoms with E-state index in [1.54, 1.807) is 23.6 Å². The van der Waals surface area contributed by atoms with E-state index in [0.29, 0.717) is 16.0 Å². The number of pyridine rings is 1. The maximum atomic E-state index is 12.9. The molecule has 0 radical (unpaired) electrons. The van der Waals surface area contributed by atoms with Crippen LogP contribution in [0.2, 0.25) is 0 Å². The van der Waals surface area contributed by atoms with E-state index in [9.17, 15) is 8.42 Å². The Bertz CT molecular complexity index is 1620. The van der Waals surface area contributed by atoms with Crippen LogP contribution in [0.15, 0.2) is 88.7 Å². The number of fused-ring (bicyclic) bond motifs is 3. The summed E-state index contributed by atoms with van der Waals surface area (Å²) in [4.78, 5) is 9.18. The number of thiazole rings is 1. The second kappa shape index (κ2) is 6.73. The smallest absolute Gasteiger partial charge is 0.201 e. The van der Waals surface area contributed by atoms with Crippen molar-refractivity contribution in [1.29, 1.82) is 0 Å². The lowest BCUT2D eigenvalue weighted by molar-refractivity contribution is 0.605. The molecule has 0 aliphatic carbocycles. The summed E-state index contributed by atoms with van der Waals surface area (Å²) < 4.78 is 27.0. The lowest BCUT2D eigenvalue weighted by Gasteiger charge is -2.12. The fraction of sp³-hybridized carbons (Fsp3) is 0. The van der Waals surface area contributed by atoms with Gasteiger partial charge in [-0.25, -0.2) is 13.4 Å². The first-order valence-electron chi connectivity index (χ1n) is 9.64. The third-order valence-electron chi connectivity index (χ3n) is 5.41. The highest BCUT2D eigenvalue weighted by Crippen LogP contribution is 2.41. The largest absolute Gasteiger partial charge is 0.355 e. The van der Waals surface area contributed by atoms with E-state index < -0.39 is 9.84 Å². The maximum absolute atomic E-state index is 12.9. The van der Waals surface area contributed by atoms with Crippen LogP contribution in [0.4, 0.5) is 11.4 Å². The van der Waals surface area contributed by atoms with Crippen molar-refractivity contribution in [3.05, 3.63) is 95.0 Å². The normalized spacial score (nSPS) is 14.5. The van der Waals surface area contributed by atoms with Crippen molar-refractivity contribution in [2.75, 3.05) is 5.32 Å². The predicted octanol–water partition coefficient (Wildman–Crippen LogP) is 5.76. The van der Waals surface area contributed by atoms with Gasteiger partial charge in [-0.1, -0.05) is 30.3 Å². The van der Waals surface area contributed by atoms with E-state index in [1.165, 1.54) is 5.41 Å². The summed E-state index contributed by atoms with van der Waals surface area (Å²) in [6.07, 6.45) is 1.73. The van der Waals surface area contributed by atoms with E-state index in [2.05, 4.69) is 15.3 Å². The highest BCUT2D eigenvalue weighted by molar-refractivity contribution is 7.95. The SMILES string of the molecule is O=S1(=O)C=C(c2ccccc2)c2cc3nccc(Nc4ccc5scnc5c4)c3cc21. The number of nitrogens with zero attached hydrogens (tertiary/aromatic N) is 2. The Kier molecular flexibility index (Phi) is 3.96. The van der Waals surface area contributed by atoms with Crippen molar-refractivity contribution in [3.8, 4) is 0 Å². The van der Waals surface area contributed by atoms with E-state index in [-0.39, 0.29) is 0 Å². The number of rotatable bonds is 3. The number of hydrogen-bond acceptors (Lipinski definition) is 6. The number of nitrogens with one attached hydrogen (secondary N) is 1. The Labute approximate surface area is 182 Å². The Morgan fingerprint density at radius 2 is 1.74 bits per heavy atom. The van der Waals surface area contributed by atoms with Gasteiger partial charge >= 0.3 is 0 Å². The molecule has 0 fully saturated rings. The molecule has 31 heavy (non-hydrogen) atoms. The van der Waals surface area contributed by atoms with Crippen LogP contribution in [0.25, 0.3) is 26.7 Å². The predicted molar refractivity (Wildman–Crippen MR) is 125 cm³/mol. The van der Waals surface area contributed by atoms with Crippen LogP contribution < -0.4 is 5.32 Å². The van der Waals surface area contributed by atoms with Gasteiger partial charge in [-0.15, -0.1) is 11.3 Å². The first-order valence-corrected chi connectivity index (χ1v) is 12.1. The Hall–Kier alpha value is -3.55. The van der Waals surface area contributed by atoms with Gasteiger partial charge in [-0.2, -0.15) is 0 Å².